The zero-order valence-electron chi connectivity index (χ0n) is 8.91. The van der Waals surface area contributed by atoms with Gasteiger partial charge in [-0.3, -0.25) is 10.1 Å². The van der Waals surface area contributed by atoms with Gasteiger partial charge in [0.1, 0.15) is 11.7 Å². The summed E-state index contributed by atoms with van der Waals surface area (Å²) in [6.45, 7) is 2.10. The number of thiophene rings is 1. The molecule has 15 heavy (non-hydrogen) atoms. The lowest BCUT2D eigenvalue weighted by Crippen LogP contribution is -2.30. The molecule has 2 heterocycles. The normalized spacial score (nSPS) is 27.7. The predicted octanol–water partition coefficient (Wildman–Crippen LogP) is 1.65. The van der Waals surface area contributed by atoms with E-state index in [-0.39, 0.29) is 17.6 Å². The summed E-state index contributed by atoms with van der Waals surface area (Å²) in [5.74, 6) is 0.263. The van der Waals surface area contributed by atoms with Gasteiger partial charge >= 0.3 is 0 Å². The van der Waals surface area contributed by atoms with Crippen molar-refractivity contribution in [3.8, 4) is 0 Å². The Kier molecular flexibility index (Phi) is 1.77. The highest BCUT2D eigenvalue weighted by Crippen LogP contribution is 2.46. The molecule has 3 nitrogen and oxygen atoms in total. The van der Waals surface area contributed by atoms with E-state index in [9.17, 15) is 4.79 Å². The largest absolute Gasteiger partial charge is 0.324 e. The van der Waals surface area contributed by atoms with E-state index in [4.69, 9.17) is 0 Å². The van der Waals surface area contributed by atoms with Crippen molar-refractivity contribution < 1.29 is 4.79 Å². The number of amides is 1. The Morgan fingerprint density at radius 2 is 2.27 bits per heavy atom. The lowest BCUT2D eigenvalue weighted by molar-refractivity contribution is -0.129. The molecule has 4 heteroatoms. The molecule has 1 amide bonds. The first kappa shape index (κ1) is 9.36. The van der Waals surface area contributed by atoms with Crippen molar-refractivity contribution in [2.24, 2.45) is 0 Å². The molecule has 0 bridgehead atoms. The highest BCUT2D eigenvalue weighted by Gasteiger charge is 2.58. The molecule has 0 radical (unpaired) electrons. The molecule has 2 fully saturated rings. The van der Waals surface area contributed by atoms with Crippen molar-refractivity contribution in [3.63, 3.8) is 0 Å². The Hall–Kier alpha value is -0.870. The second-order valence-corrected chi connectivity index (χ2v) is 5.81. The van der Waals surface area contributed by atoms with E-state index in [2.05, 4.69) is 24.4 Å². The van der Waals surface area contributed by atoms with Gasteiger partial charge in [0.2, 0.25) is 5.91 Å². The smallest absolute Gasteiger partial charge is 0.244 e. The molecule has 1 spiro atoms. The van der Waals surface area contributed by atoms with Crippen molar-refractivity contribution in [2.75, 3.05) is 7.05 Å². The summed E-state index contributed by atoms with van der Waals surface area (Å²) in [4.78, 5) is 16.3. The van der Waals surface area contributed by atoms with Crippen LogP contribution >= 0.6 is 11.3 Å². The predicted molar refractivity (Wildman–Crippen MR) is 59.7 cm³/mol. The van der Waals surface area contributed by atoms with E-state index >= 15 is 0 Å². The number of rotatable bonds is 1. The first-order valence-electron chi connectivity index (χ1n) is 5.24. The zero-order valence-corrected chi connectivity index (χ0v) is 9.73. The second-order valence-electron chi connectivity index (χ2n) is 4.49. The molecule has 1 saturated heterocycles. The summed E-state index contributed by atoms with van der Waals surface area (Å²) < 4.78 is 0. The lowest BCUT2D eigenvalue weighted by Gasteiger charge is -2.17. The number of hydrogen-bond donors (Lipinski definition) is 1. The molecule has 1 aromatic rings. The van der Waals surface area contributed by atoms with E-state index in [1.165, 1.54) is 9.75 Å². The van der Waals surface area contributed by atoms with Crippen LogP contribution in [-0.4, -0.2) is 23.4 Å². The monoisotopic (exact) mass is 222 g/mol. The third-order valence-corrected chi connectivity index (χ3v) is 4.36. The van der Waals surface area contributed by atoms with Crippen LogP contribution in [0.3, 0.4) is 0 Å². The van der Waals surface area contributed by atoms with Crippen LogP contribution < -0.4 is 5.32 Å². The molecular weight excluding hydrogens is 208 g/mol. The first-order chi connectivity index (χ1) is 7.12. The van der Waals surface area contributed by atoms with Crippen molar-refractivity contribution >= 4 is 17.2 Å². The Bertz CT molecular complexity index is 422. The summed E-state index contributed by atoms with van der Waals surface area (Å²) >= 11 is 1.76. The van der Waals surface area contributed by atoms with Crippen molar-refractivity contribution in [1.29, 1.82) is 0 Å². The molecule has 1 aliphatic carbocycles. The number of likely N-dealkylation sites (N-methyl/N-ethyl adjacent to an activating group) is 1. The van der Waals surface area contributed by atoms with E-state index in [0.29, 0.717) is 0 Å². The maximum absolute atomic E-state index is 11.9. The standard InChI is InChI=1S/C11H14N2OS/c1-7-3-4-8(15-7)9-12-11(5-6-11)10(14)13(9)2/h3-4,9,12H,5-6H2,1-2H3. The average Bonchev–Trinajstić information content (AvgIpc) is 2.82. The Morgan fingerprint density at radius 3 is 2.73 bits per heavy atom. The quantitative estimate of drug-likeness (QED) is 0.783. The van der Waals surface area contributed by atoms with Gasteiger partial charge < -0.3 is 4.90 Å². The summed E-state index contributed by atoms with van der Waals surface area (Å²) in [7, 11) is 1.89. The van der Waals surface area contributed by atoms with Gasteiger partial charge in [0.05, 0.1) is 0 Å². The highest BCUT2D eigenvalue weighted by molar-refractivity contribution is 7.12. The molecule has 1 aromatic heterocycles. The minimum Gasteiger partial charge on any atom is -0.324 e. The van der Waals surface area contributed by atoms with E-state index < -0.39 is 0 Å². The maximum atomic E-state index is 11.9. The van der Waals surface area contributed by atoms with Crippen LogP contribution in [-0.2, 0) is 4.79 Å². The van der Waals surface area contributed by atoms with Gasteiger partial charge in [-0.25, -0.2) is 0 Å². The molecule has 1 N–H and O–H groups in total. The highest BCUT2D eigenvalue weighted by atomic mass is 32.1. The van der Waals surface area contributed by atoms with Crippen molar-refractivity contribution in [3.05, 3.63) is 21.9 Å². The molecule has 1 saturated carbocycles. The van der Waals surface area contributed by atoms with Crippen LogP contribution in [0.25, 0.3) is 0 Å². The fourth-order valence-electron chi connectivity index (χ4n) is 2.22. The number of nitrogens with zero attached hydrogens (tertiary/aromatic N) is 1. The van der Waals surface area contributed by atoms with Crippen LogP contribution in [0, 0.1) is 6.92 Å². The number of carbonyl (C=O) groups excluding carboxylic acids is 1. The Morgan fingerprint density at radius 1 is 1.53 bits per heavy atom. The number of aryl methyl sites for hydroxylation is 1. The maximum Gasteiger partial charge on any atom is 0.244 e. The van der Waals surface area contributed by atoms with Gasteiger partial charge in [0, 0.05) is 16.8 Å². The minimum absolute atomic E-state index is 0.0960. The van der Waals surface area contributed by atoms with Crippen LogP contribution in [0.2, 0.25) is 0 Å². The van der Waals surface area contributed by atoms with Gasteiger partial charge in [-0.1, -0.05) is 0 Å². The fourth-order valence-corrected chi connectivity index (χ4v) is 3.19. The number of hydrogen-bond acceptors (Lipinski definition) is 3. The molecule has 2 aliphatic rings. The molecule has 1 unspecified atom stereocenters. The topological polar surface area (TPSA) is 32.3 Å². The van der Waals surface area contributed by atoms with Crippen LogP contribution in [0.5, 0.6) is 0 Å². The molecule has 80 valence electrons. The second kappa shape index (κ2) is 2.83. The molecule has 0 aromatic carbocycles. The van der Waals surface area contributed by atoms with Gasteiger partial charge in [-0.2, -0.15) is 0 Å². The van der Waals surface area contributed by atoms with E-state index in [1.54, 1.807) is 11.3 Å². The number of nitrogens with one attached hydrogen (secondary N) is 1. The van der Waals surface area contributed by atoms with Crippen LogP contribution in [0.1, 0.15) is 28.8 Å². The summed E-state index contributed by atoms with van der Waals surface area (Å²) in [6.07, 6.45) is 2.09. The number of carbonyl (C=O) groups is 1. The summed E-state index contributed by atoms with van der Waals surface area (Å²) in [5, 5.41) is 3.46. The molecule has 3 rings (SSSR count). The van der Waals surface area contributed by atoms with E-state index in [0.717, 1.165) is 12.8 Å². The van der Waals surface area contributed by atoms with Crippen LogP contribution in [0.15, 0.2) is 12.1 Å². The van der Waals surface area contributed by atoms with Gasteiger partial charge in [0.25, 0.3) is 0 Å². The van der Waals surface area contributed by atoms with E-state index in [1.807, 2.05) is 11.9 Å². The van der Waals surface area contributed by atoms with Crippen molar-refractivity contribution in [1.82, 2.24) is 10.2 Å². The molecule has 1 aliphatic heterocycles. The lowest BCUT2D eigenvalue weighted by atomic mass is 10.3. The Balaban J connectivity index is 1.92. The first-order valence-corrected chi connectivity index (χ1v) is 6.05. The zero-order chi connectivity index (χ0) is 10.6. The van der Waals surface area contributed by atoms with Crippen LogP contribution in [0.4, 0.5) is 0 Å². The third kappa shape index (κ3) is 1.25. The third-order valence-electron chi connectivity index (χ3n) is 3.31. The van der Waals surface area contributed by atoms with Gasteiger partial charge in [0.15, 0.2) is 0 Å². The van der Waals surface area contributed by atoms with Gasteiger partial charge in [-0.15, -0.1) is 11.3 Å². The van der Waals surface area contributed by atoms with Gasteiger partial charge in [-0.05, 0) is 31.9 Å². The van der Waals surface area contributed by atoms with Crippen molar-refractivity contribution in [2.45, 2.75) is 31.5 Å². The summed E-state index contributed by atoms with van der Waals surface area (Å²) in [6, 6.07) is 4.22. The SMILES string of the molecule is Cc1ccc(C2NC3(CC3)C(=O)N2C)s1. The minimum atomic E-state index is -0.197. The summed E-state index contributed by atoms with van der Waals surface area (Å²) in [5.41, 5.74) is -0.197. The molecule has 1 atom stereocenters. The Labute approximate surface area is 93.1 Å². The average molecular weight is 222 g/mol. The molecular formula is C11H14N2OS. The fraction of sp³-hybridized carbons (Fsp3) is 0.545.